The van der Waals surface area contributed by atoms with E-state index in [4.69, 9.17) is 5.11 Å². The number of urea groups is 1. The molecule has 0 aliphatic carbocycles. The lowest BCUT2D eigenvalue weighted by Crippen LogP contribution is -2.54. The average Bonchev–Trinajstić information content (AvgIpc) is 2.35. The number of carboxylic acid groups (broad SMARTS) is 1. The molecule has 1 aliphatic heterocycles. The van der Waals surface area contributed by atoms with Crippen molar-refractivity contribution in [3.05, 3.63) is 0 Å². The van der Waals surface area contributed by atoms with Gasteiger partial charge < -0.3 is 20.6 Å². The van der Waals surface area contributed by atoms with Crippen LogP contribution in [0.25, 0.3) is 0 Å². The zero-order chi connectivity index (χ0) is 14.4. The highest BCUT2D eigenvalue weighted by Gasteiger charge is 2.25. The van der Waals surface area contributed by atoms with Crippen LogP contribution in [0.1, 0.15) is 33.6 Å². The summed E-state index contributed by atoms with van der Waals surface area (Å²) in [6.07, 6.45) is 2.01. The lowest BCUT2D eigenvalue weighted by molar-refractivity contribution is -0.140. The topological polar surface area (TPSA) is 81.7 Å². The third kappa shape index (κ3) is 5.06. The first-order valence-electron chi connectivity index (χ1n) is 6.96. The van der Waals surface area contributed by atoms with Gasteiger partial charge in [0.25, 0.3) is 0 Å². The molecule has 1 aliphatic rings. The van der Waals surface area contributed by atoms with Crippen molar-refractivity contribution in [3.8, 4) is 0 Å². The number of nitrogens with one attached hydrogen (secondary N) is 2. The molecule has 0 spiro atoms. The molecule has 3 N–H and O–H groups in total. The molecule has 1 heterocycles. The second kappa shape index (κ2) is 7.33. The lowest BCUT2D eigenvalue weighted by Gasteiger charge is -2.32. The monoisotopic (exact) mass is 271 g/mol. The van der Waals surface area contributed by atoms with E-state index >= 15 is 0 Å². The Kier molecular flexibility index (Phi) is 6.08. The van der Waals surface area contributed by atoms with Crippen LogP contribution in [0.3, 0.4) is 0 Å². The SMILES string of the molecule is CCN1CCCC(NC(=O)N[C@@H](C(=O)O)C(C)C)C1. The summed E-state index contributed by atoms with van der Waals surface area (Å²) < 4.78 is 0. The van der Waals surface area contributed by atoms with Gasteiger partial charge in [-0.2, -0.15) is 0 Å². The number of rotatable bonds is 5. The third-order valence-electron chi connectivity index (χ3n) is 3.51. The maximum Gasteiger partial charge on any atom is 0.326 e. The maximum atomic E-state index is 11.8. The predicted molar refractivity (Wildman–Crippen MR) is 73.1 cm³/mol. The first-order valence-corrected chi connectivity index (χ1v) is 6.96. The van der Waals surface area contributed by atoms with Crippen LogP contribution in [0.15, 0.2) is 0 Å². The maximum absolute atomic E-state index is 11.8. The van der Waals surface area contributed by atoms with Gasteiger partial charge in [0.05, 0.1) is 0 Å². The van der Waals surface area contributed by atoms with Crippen molar-refractivity contribution in [2.24, 2.45) is 5.92 Å². The summed E-state index contributed by atoms with van der Waals surface area (Å²) in [5, 5.41) is 14.4. The van der Waals surface area contributed by atoms with Gasteiger partial charge in [0.2, 0.25) is 0 Å². The largest absolute Gasteiger partial charge is 0.480 e. The van der Waals surface area contributed by atoms with Crippen LogP contribution in [0, 0.1) is 5.92 Å². The molecule has 0 aromatic heterocycles. The standard InChI is InChI=1S/C13H25N3O3/c1-4-16-7-5-6-10(8-16)14-13(19)15-11(9(2)3)12(17)18/h9-11H,4-8H2,1-3H3,(H,17,18)(H2,14,15,19)/t10?,11-/m1/s1. The first kappa shape index (κ1) is 15.8. The molecule has 0 radical (unpaired) electrons. The van der Waals surface area contributed by atoms with E-state index in [1.165, 1.54) is 0 Å². The van der Waals surface area contributed by atoms with E-state index in [9.17, 15) is 9.59 Å². The molecule has 1 fully saturated rings. The summed E-state index contributed by atoms with van der Waals surface area (Å²) in [6.45, 7) is 8.53. The molecular weight excluding hydrogens is 246 g/mol. The number of amides is 2. The zero-order valence-corrected chi connectivity index (χ0v) is 12.0. The van der Waals surface area contributed by atoms with Crippen molar-refractivity contribution in [3.63, 3.8) is 0 Å². The number of carbonyl (C=O) groups excluding carboxylic acids is 1. The van der Waals surface area contributed by atoms with Crippen LogP contribution < -0.4 is 10.6 Å². The fraction of sp³-hybridized carbons (Fsp3) is 0.846. The highest BCUT2D eigenvalue weighted by atomic mass is 16.4. The van der Waals surface area contributed by atoms with Crippen molar-refractivity contribution in [1.29, 1.82) is 0 Å². The van der Waals surface area contributed by atoms with E-state index in [1.807, 2.05) is 0 Å². The van der Waals surface area contributed by atoms with Crippen molar-refractivity contribution in [2.45, 2.75) is 45.7 Å². The molecular formula is C13H25N3O3. The minimum atomic E-state index is -0.996. The highest BCUT2D eigenvalue weighted by Crippen LogP contribution is 2.09. The van der Waals surface area contributed by atoms with Crippen LogP contribution in [-0.4, -0.2) is 53.7 Å². The molecule has 0 aromatic carbocycles. The van der Waals surface area contributed by atoms with Gasteiger partial charge in [0.15, 0.2) is 0 Å². The Hall–Kier alpha value is -1.30. The van der Waals surface area contributed by atoms with Gasteiger partial charge in [-0.15, -0.1) is 0 Å². The van der Waals surface area contributed by atoms with E-state index in [-0.39, 0.29) is 18.0 Å². The van der Waals surface area contributed by atoms with Gasteiger partial charge in [-0.25, -0.2) is 9.59 Å². The minimum absolute atomic E-state index is 0.107. The number of piperidine rings is 1. The van der Waals surface area contributed by atoms with Gasteiger partial charge in [0.1, 0.15) is 6.04 Å². The summed E-state index contributed by atoms with van der Waals surface area (Å²) in [4.78, 5) is 25.1. The van der Waals surface area contributed by atoms with E-state index < -0.39 is 12.0 Å². The molecule has 0 saturated carbocycles. The Morgan fingerprint density at radius 3 is 2.63 bits per heavy atom. The normalized spacial score (nSPS) is 22.0. The van der Waals surface area contributed by atoms with Crippen molar-refractivity contribution in [1.82, 2.24) is 15.5 Å². The number of likely N-dealkylation sites (tertiary alicyclic amines) is 1. The molecule has 1 unspecified atom stereocenters. The van der Waals surface area contributed by atoms with E-state index in [2.05, 4.69) is 22.5 Å². The van der Waals surface area contributed by atoms with Crippen LogP contribution in [0.4, 0.5) is 4.79 Å². The Bertz CT molecular complexity index is 320. The second-order valence-electron chi connectivity index (χ2n) is 5.41. The molecule has 1 rings (SSSR count). The second-order valence-corrected chi connectivity index (χ2v) is 5.41. The van der Waals surface area contributed by atoms with Crippen LogP contribution in [-0.2, 0) is 4.79 Å². The third-order valence-corrected chi connectivity index (χ3v) is 3.51. The van der Waals surface area contributed by atoms with Crippen molar-refractivity contribution >= 4 is 12.0 Å². The Balaban J connectivity index is 2.43. The smallest absolute Gasteiger partial charge is 0.326 e. The molecule has 6 heteroatoms. The van der Waals surface area contributed by atoms with Crippen LogP contribution >= 0.6 is 0 Å². The number of aliphatic carboxylic acids is 1. The fourth-order valence-electron chi connectivity index (χ4n) is 2.34. The number of hydrogen-bond donors (Lipinski definition) is 3. The molecule has 0 aromatic rings. The predicted octanol–water partition coefficient (Wildman–Crippen LogP) is 0.879. The van der Waals surface area contributed by atoms with Gasteiger partial charge in [0, 0.05) is 12.6 Å². The summed E-state index contributed by atoms with van der Waals surface area (Å²) in [6, 6.07) is -1.12. The number of carboxylic acids is 1. The Morgan fingerprint density at radius 1 is 1.42 bits per heavy atom. The molecule has 0 bridgehead atoms. The Morgan fingerprint density at radius 2 is 2.11 bits per heavy atom. The molecule has 19 heavy (non-hydrogen) atoms. The number of hydrogen-bond acceptors (Lipinski definition) is 3. The van der Waals surface area contributed by atoms with Gasteiger partial charge >= 0.3 is 12.0 Å². The zero-order valence-electron chi connectivity index (χ0n) is 12.0. The lowest BCUT2D eigenvalue weighted by atomic mass is 10.0. The van der Waals surface area contributed by atoms with Gasteiger partial charge in [-0.1, -0.05) is 20.8 Å². The summed E-state index contributed by atoms with van der Waals surface area (Å²) in [5.41, 5.74) is 0. The molecule has 2 atom stereocenters. The molecule has 1 saturated heterocycles. The highest BCUT2D eigenvalue weighted by molar-refractivity contribution is 5.82. The van der Waals surface area contributed by atoms with Gasteiger partial charge in [-0.3, -0.25) is 0 Å². The fourth-order valence-corrected chi connectivity index (χ4v) is 2.34. The summed E-state index contributed by atoms with van der Waals surface area (Å²) >= 11 is 0. The molecule has 2 amide bonds. The van der Waals surface area contributed by atoms with Gasteiger partial charge in [-0.05, 0) is 31.8 Å². The number of likely N-dealkylation sites (N-methyl/N-ethyl adjacent to an activating group) is 1. The van der Waals surface area contributed by atoms with E-state index in [1.54, 1.807) is 13.8 Å². The molecule has 6 nitrogen and oxygen atoms in total. The molecule has 110 valence electrons. The van der Waals surface area contributed by atoms with Crippen LogP contribution in [0.5, 0.6) is 0 Å². The summed E-state index contributed by atoms with van der Waals surface area (Å²) in [7, 11) is 0. The summed E-state index contributed by atoms with van der Waals surface area (Å²) in [5.74, 6) is -1.13. The van der Waals surface area contributed by atoms with Crippen molar-refractivity contribution in [2.75, 3.05) is 19.6 Å². The quantitative estimate of drug-likeness (QED) is 0.693. The average molecular weight is 271 g/mol. The van der Waals surface area contributed by atoms with Crippen molar-refractivity contribution < 1.29 is 14.7 Å². The first-order chi connectivity index (χ1) is 8.93. The number of nitrogens with zero attached hydrogens (tertiary/aromatic N) is 1. The Labute approximate surface area is 114 Å². The van der Waals surface area contributed by atoms with E-state index in [0.717, 1.165) is 32.5 Å². The minimum Gasteiger partial charge on any atom is -0.480 e. The van der Waals surface area contributed by atoms with Crippen LogP contribution in [0.2, 0.25) is 0 Å². The number of carbonyl (C=O) groups is 2. The van der Waals surface area contributed by atoms with E-state index in [0.29, 0.717) is 0 Å².